The monoisotopic (exact) mass is 405 g/mol. The van der Waals surface area contributed by atoms with Gasteiger partial charge in [-0.1, -0.05) is 0 Å². The quantitative estimate of drug-likeness (QED) is 0.397. The molecule has 0 aliphatic heterocycles. The Morgan fingerprint density at radius 3 is 3.03 bits per heavy atom. The SMILES string of the molecule is COc1ccc2cc(C=NNc3ncnc4sc5c(c34)CCCC5)c(=O)[nH]c2c1. The van der Waals surface area contributed by atoms with Crippen LogP contribution in [0.1, 0.15) is 28.8 Å². The average Bonchev–Trinajstić information content (AvgIpc) is 3.13. The van der Waals surface area contributed by atoms with E-state index in [9.17, 15) is 4.79 Å². The van der Waals surface area contributed by atoms with Gasteiger partial charge >= 0.3 is 0 Å². The Morgan fingerprint density at radius 1 is 1.24 bits per heavy atom. The predicted molar refractivity (Wildman–Crippen MR) is 116 cm³/mol. The number of benzene rings is 1. The second-order valence-electron chi connectivity index (χ2n) is 6.99. The lowest BCUT2D eigenvalue weighted by Gasteiger charge is -2.11. The smallest absolute Gasteiger partial charge is 0.257 e. The van der Waals surface area contributed by atoms with Gasteiger partial charge in [0.15, 0.2) is 5.82 Å². The fourth-order valence-electron chi connectivity index (χ4n) is 3.76. The molecule has 3 heterocycles. The molecule has 3 aromatic heterocycles. The van der Waals surface area contributed by atoms with Gasteiger partial charge in [0, 0.05) is 10.9 Å². The van der Waals surface area contributed by atoms with Crippen LogP contribution in [-0.2, 0) is 12.8 Å². The third kappa shape index (κ3) is 3.25. The van der Waals surface area contributed by atoms with Gasteiger partial charge in [0.1, 0.15) is 16.9 Å². The summed E-state index contributed by atoms with van der Waals surface area (Å²) in [5.41, 5.74) is 5.34. The van der Waals surface area contributed by atoms with Crippen LogP contribution >= 0.6 is 11.3 Å². The maximum absolute atomic E-state index is 12.4. The summed E-state index contributed by atoms with van der Waals surface area (Å²) < 4.78 is 5.20. The van der Waals surface area contributed by atoms with E-state index in [0.717, 1.165) is 34.0 Å². The van der Waals surface area contributed by atoms with Crippen molar-refractivity contribution in [3.8, 4) is 5.75 Å². The second-order valence-corrected chi connectivity index (χ2v) is 8.07. The molecule has 8 heteroatoms. The lowest BCUT2D eigenvalue weighted by Crippen LogP contribution is -2.12. The summed E-state index contributed by atoms with van der Waals surface area (Å²) >= 11 is 1.74. The van der Waals surface area contributed by atoms with Gasteiger partial charge in [0.25, 0.3) is 5.56 Å². The van der Waals surface area contributed by atoms with E-state index in [2.05, 4.69) is 25.5 Å². The number of aromatic nitrogens is 3. The van der Waals surface area contributed by atoms with Gasteiger partial charge in [-0.05, 0) is 54.8 Å². The van der Waals surface area contributed by atoms with E-state index in [-0.39, 0.29) is 5.56 Å². The normalized spacial score (nSPS) is 13.8. The third-order valence-electron chi connectivity index (χ3n) is 5.21. The Kier molecular flexibility index (Phi) is 4.48. The van der Waals surface area contributed by atoms with Crippen LogP contribution in [0.25, 0.3) is 21.1 Å². The molecule has 4 aromatic rings. The standard InChI is InChI=1S/C21H19N5O2S/c1-28-14-7-6-12-8-13(20(27)25-16(12)9-14)10-24-26-19-18-15-4-2-3-5-17(15)29-21(18)23-11-22-19/h6-11H,2-5H2,1H3,(H,25,27)(H,22,23,26). The first kappa shape index (κ1) is 17.8. The number of thiophene rings is 1. The third-order valence-corrected chi connectivity index (χ3v) is 6.41. The van der Waals surface area contributed by atoms with Crippen molar-refractivity contribution in [2.75, 3.05) is 12.5 Å². The van der Waals surface area contributed by atoms with Crippen LogP contribution in [0.3, 0.4) is 0 Å². The number of methoxy groups -OCH3 is 1. The number of ether oxygens (including phenoxy) is 1. The highest BCUT2D eigenvalue weighted by Gasteiger charge is 2.19. The molecule has 0 unspecified atom stereocenters. The van der Waals surface area contributed by atoms with Crippen molar-refractivity contribution in [2.24, 2.45) is 5.10 Å². The fraction of sp³-hybridized carbons (Fsp3) is 0.238. The van der Waals surface area contributed by atoms with Gasteiger partial charge in [0.2, 0.25) is 0 Å². The zero-order valence-electron chi connectivity index (χ0n) is 15.9. The highest BCUT2D eigenvalue weighted by atomic mass is 32.1. The molecule has 0 amide bonds. The molecule has 0 bridgehead atoms. The van der Waals surface area contributed by atoms with Gasteiger partial charge in [-0.2, -0.15) is 5.10 Å². The molecule has 0 saturated heterocycles. The number of H-pyrrole nitrogens is 1. The molecule has 0 atom stereocenters. The number of hydrogen-bond acceptors (Lipinski definition) is 7. The molecule has 1 aliphatic rings. The van der Waals surface area contributed by atoms with E-state index < -0.39 is 0 Å². The molecule has 2 N–H and O–H groups in total. The number of nitrogens with one attached hydrogen (secondary N) is 2. The molecule has 29 heavy (non-hydrogen) atoms. The van der Waals surface area contributed by atoms with Crippen molar-refractivity contribution in [3.05, 3.63) is 57.0 Å². The first-order valence-electron chi connectivity index (χ1n) is 9.48. The van der Waals surface area contributed by atoms with Crippen LogP contribution in [0.5, 0.6) is 5.75 Å². The molecule has 0 saturated carbocycles. The minimum Gasteiger partial charge on any atom is -0.497 e. The number of anilines is 1. The molecule has 146 valence electrons. The first-order chi connectivity index (χ1) is 14.2. The first-order valence-corrected chi connectivity index (χ1v) is 10.3. The summed E-state index contributed by atoms with van der Waals surface area (Å²) in [7, 11) is 1.60. The molecular formula is C21H19N5O2S. The van der Waals surface area contributed by atoms with E-state index in [0.29, 0.717) is 17.1 Å². The number of hydrazone groups is 1. The Labute approximate surface area is 170 Å². The van der Waals surface area contributed by atoms with E-state index in [1.807, 2.05) is 12.1 Å². The molecule has 0 fully saturated rings. The van der Waals surface area contributed by atoms with Crippen molar-refractivity contribution >= 4 is 44.5 Å². The van der Waals surface area contributed by atoms with Crippen LogP contribution in [0, 0.1) is 0 Å². The van der Waals surface area contributed by atoms with Crippen LogP contribution in [0.2, 0.25) is 0 Å². The summed E-state index contributed by atoms with van der Waals surface area (Å²) in [6.07, 6.45) is 7.65. The number of nitrogens with zero attached hydrogens (tertiary/aromatic N) is 3. The van der Waals surface area contributed by atoms with E-state index in [1.54, 1.807) is 36.9 Å². The Bertz CT molecular complexity index is 1310. The summed E-state index contributed by atoms with van der Waals surface area (Å²) in [4.78, 5) is 26.5. The Morgan fingerprint density at radius 2 is 2.14 bits per heavy atom. The van der Waals surface area contributed by atoms with Crippen molar-refractivity contribution in [1.82, 2.24) is 15.0 Å². The lowest BCUT2D eigenvalue weighted by molar-refractivity contribution is 0.415. The highest BCUT2D eigenvalue weighted by Crippen LogP contribution is 2.38. The van der Waals surface area contributed by atoms with Crippen molar-refractivity contribution in [2.45, 2.75) is 25.7 Å². The summed E-state index contributed by atoms with van der Waals surface area (Å²) in [5.74, 6) is 1.38. The summed E-state index contributed by atoms with van der Waals surface area (Å²) in [6.45, 7) is 0. The Balaban J connectivity index is 1.46. The molecule has 7 nitrogen and oxygen atoms in total. The highest BCUT2D eigenvalue weighted by molar-refractivity contribution is 7.19. The predicted octanol–water partition coefficient (Wildman–Crippen LogP) is 3.87. The van der Waals surface area contributed by atoms with Crippen LogP contribution in [0.15, 0.2) is 40.5 Å². The number of hydrogen-bond donors (Lipinski definition) is 2. The molecule has 0 spiro atoms. The number of fused-ring (bicyclic) bond motifs is 4. The largest absolute Gasteiger partial charge is 0.497 e. The van der Waals surface area contributed by atoms with E-state index in [4.69, 9.17) is 4.74 Å². The van der Waals surface area contributed by atoms with Gasteiger partial charge < -0.3 is 9.72 Å². The average molecular weight is 405 g/mol. The van der Waals surface area contributed by atoms with Crippen molar-refractivity contribution in [3.63, 3.8) is 0 Å². The van der Waals surface area contributed by atoms with Gasteiger partial charge in [-0.15, -0.1) is 11.3 Å². The van der Waals surface area contributed by atoms with Crippen LogP contribution < -0.4 is 15.7 Å². The number of aromatic amines is 1. The molecule has 0 radical (unpaired) electrons. The van der Waals surface area contributed by atoms with Crippen LogP contribution in [-0.4, -0.2) is 28.3 Å². The van der Waals surface area contributed by atoms with Crippen LogP contribution in [0.4, 0.5) is 5.82 Å². The van der Waals surface area contributed by atoms with Gasteiger partial charge in [-0.3, -0.25) is 10.2 Å². The Hall–Kier alpha value is -3.26. The van der Waals surface area contributed by atoms with E-state index >= 15 is 0 Å². The summed E-state index contributed by atoms with van der Waals surface area (Å²) in [6, 6.07) is 7.37. The number of pyridine rings is 1. The van der Waals surface area contributed by atoms with Gasteiger partial charge in [-0.25, -0.2) is 9.97 Å². The maximum atomic E-state index is 12.4. The minimum absolute atomic E-state index is 0.211. The zero-order chi connectivity index (χ0) is 19.8. The fourth-order valence-corrected chi connectivity index (χ4v) is 4.99. The minimum atomic E-state index is -0.211. The van der Waals surface area contributed by atoms with E-state index in [1.165, 1.54) is 29.5 Å². The molecule has 1 aromatic carbocycles. The number of rotatable bonds is 4. The second kappa shape index (κ2) is 7.29. The molecule has 5 rings (SSSR count). The number of aryl methyl sites for hydroxylation is 2. The molecular weight excluding hydrogens is 386 g/mol. The van der Waals surface area contributed by atoms with Crippen molar-refractivity contribution in [1.29, 1.82) is 0 Å². The zero-order valence-corrected chi connectivity index (χ0v) is 16.7. The molecule has 1 aliphatic carbocycles. The topological polar surface area (TPSA) is 92.3 Å². The van der Waals surface area contributed by atoms with Gasteiger partial charge in [0.05, 0.1) is 29.8 Å². The summed E-state index contributed by atoms with van der Waals surface area (Å²) in [5, 5.41) is 6.25. The maximum Gasteiger partial charge on any atom is 0.257 e. The van der Waals surface area contributed by atoms with Crippen molar-refractivity contribution < 1.29 is 4.74 Å². The lowest BCUT2D eigenvalue weighted by atomic mass is 9.97.